The number of anilines is 1. The summed E-state index contributed by atoms with van der Waals surface area (Å²) in [4.78, 5) is 32.0. The zero-order valence-electron chi connectivity index (χ0n) is 19.0. The Bertz CT molecular complexity index is 1070. The minimum absolute atomic E-state index is 0.0182. The van der Waals surface area contributed by atoms with Crippen molar-refractivity contribution in [1.29, 1.82) is 5.26 Å². The Kier molecular flexibility index (Phi) is 9.79. The lowest BCUT2D eigenvalue weighted by atomic mass is 10.1. The van der Waals surface area contributed by atoms with E-state index in [2.05, 4.69) is 20.3 Å². The molecule has 1 saturated carbocycles. The normalized spacial score (nSPS) is 13.5. The highest BCUT2D eigenvalue weighted by molar-refractivity contribution is 6.32. The molecule has 188 valence electrons. The molecule has 2 aromatic rings. The van der Waals surface area contributed by atoms with Crippen LogP contribution in [0.25, 0.3) is 0 Å². The van der Waals surface area contributed by atoms with Crippen LogP contribution >= 0.6 is 11.6 Å². The molecule has 1 amide bonds. The molecule has 0 unspecified atom stereocenters. The van der Waals surface area contributed by atoms with Crippen molar-refractivity contribution in [3.05, 3.63) is 52.4 Å². The number of carboxylic acids is 1. The van der Waals surface area contributed by atoms with E-state index in [1.807, 2.05) is 44.4 Å². The van der Waals surface area contributed by atoms with Crippen LogP contribution < -0.4 is 10.4 Å². The smallest absolute Gasteiger partial charge is 0.475 e. The second kappa shape index (κ2) is 12.3. The summed E-state index contributed by atoms with van der Waals surface area (Å²) in [6.45, 7) is 0.809. The van der Waals surface area contributed by atoms with E-state index < -0.39 is 12.1 Å². The summed E-state index contributed by atoms with van der Waals surface area (Å²) in [7, 11) is 4.00. The summed E-state index contributed by atoms with van der Waals surface area (Å²) >= 11 is 6.29. The first-order chi connectivity index (χ1) is 16.4. The molecule has 1 heterocycles. The average Bonchev–Trinajstić information content (AvgIpc) is 3.32. The van der Waals surface area contributed by atoms with Crippen LogP contribution in [0.5, 0.6) is 0 Å². The van der Waals surface area contributed by atoms with Crippen molar-refractivity contribution in [2.45, 2.75) is 44.4 Å². The Hall–Kier alpha value is -3.43. The minimum atomic E-state index is -5.08. The molecule has 9 nitrogen and oxygen atoms in total. The Morgan fingerprint density at radius 1 is 1.23 bits per heavy atom. The molecule has 1 aliphatic carbocycles. The van der Waals surface area contributed by atoms with Gasteiger partial charge in [-0.05, 0) is 44.6 Å². The molecule has 35 heavy (non-hydrogen) atoms. The number of aromatic nitrogens is 2. The highest BCUT2D eigenvalue weighted by atomic mass is 35.5. The number of nitriles is 1. The van der Waals surface area contributed by atoms with Crippen LogP contribution in [0.3, 0.4) is 0 Å². The zero-order valence-corrected chi connectivity index (χ0v) is 19.8. The van der Waals surface area contributed by atoms with Gasteiger partial charge in [0, 0.05) is 12.1 Å². The summed E-state index contributed by atoms with van der Waals surface area (Å²) < 4.78 is 31.7. The van der Waals surface area contributed by atoms with Gasteiger partial charge in [-0.25, -0.2) is 9.78 Å². The van der Waals surface area contributed by atoms with Gasteiger partial charge in [-0.2, -0.15) is 23.4 Å². The Balaban J connectivity index is 0.000000540. The zero-order chi connectivity index (χ0) is 26.2. The summed E-state index contributed by atoms with van der Waals surface area (Å²) in [5, 5.41) is 18.2. The number of hydrogen-bond donors (Lipinski definition) is 2. The van der Waals surface area contributed by atoms with Gasteiger partial charge < -0.3 is 10.0 Å². The highest BCUT2D eigenvalue weighted by Gasteiger charge is 2.38. The number of hydrazine groups is 1. The first kappa shape index (κ1) is 27.8. The van der Waals surface area contributed by atoms with Crippen LogP contribution in [0.15, 0.2) is 30.5 Å². The van der Waals surface area contributed by atoms with Gasteiger partial charge in [-0.1, -0.05) is 36.6 Å². The largest absolute Gasteiger partial charge is 0.490 e. The molecule has 0 saturated heterocycles. The third-order valence-corrected chi connectivity index (χ3v) is 5.19. The van der Waals surface area contributed by atoms with E-state index in [4.69, 9.17) is 26.8 Å². The van der Waals surface area contributed by atoms with Crippen molar-refractivity contribution < 1.29 is 27.9 Å². The van der Waals surface area contributed by atoms with Crippen LogP contribution in [0.1, 0.15) is 47.4 Å². The molecule has 1 aromatic heterocycles. The second-order valence-electron chi connectivity index (χ2n) is 7.96. The van der Waals surface area contributed by atoms with E-state index in [1.165, 1.54) is 6.20 Å². The maximum Gasteiger partial charge on any atom is 0.490 e. The summed E-state index contributed by atoms with van der Waals surface area (Å²) in [6.07, 6.45) is 0.301. The molecule has 0 radical (unpaired) electrons. The van der Waals surface area contributed by atoms with Crippen molar-refractivity contribution in [2.75, 3.05) is 19.1 Å². The molecular formula is C22H24ClF3N6O3. The first-order valence-electron chi connectivity index (χ1n) is 10.5. The standard InChI is InChI=1S/C20H23ClN6O.C2HF3O2/c1-26(2)13-14-7-9-15(10-8-14)20(28)25-27(16-5-3-4-6-16)19-17(21)12-23-18(11-22)24-19;3-2(4,5)1(6)7/h7-10,12,16H,3-6,13H2,1-2H3,(H,25,28);(H,6,7). The van der Waals surface area contributed by atoms with Crippen molar-refractivity contribution in [3.63, 3.8) is 0 Å². The molecule has 1 aliphatic rings. The predicted octanol–water partition coefficient (Wildman–Crippen LogP) is 3.79. The fraction of sp³-hybridized carbons (Fsp3) is 0.409. The second-order valence-corrected chi connectivity index (χ2v) is 8.37. The van der Waals surface area contributed by atoms with Gasteiger partial charge in [-0.3, -0.25) is 15.2 Å². The number of carbonyl (C=O) groups excluding carboxylic acids is 1. The molecule has 0 spiro atoms. The lowest BCUT2D eigenvalue weighted by Gasteiger charge is -2.30. The van der Waals surface area contributed by atoms with E-state index >= 15 is 0 Å². The SMILES string of the molecule is CN(C)Cc1ccc(C(=O)NN(c2nc(C#N)ncc2Cl)C2CCCC2)cc1.O=C(O)C(F)(F)F. The van der Waals surface area contributed by atoms with Gasteiger partial charge in [0.1, 0.15) is 11.1 Å². The van der Waals surface area contributed by atoms with Crippen molar-refractivity contribution in [1.82, 2.24) is 20.3 Å². The maximum absolute atomic E-state index is 12.9. The summed E-state index contributed by atoms with van der Waals surface area (Å²) in [5.41, 5.74) is 4.63. The van der Waals surface area contributed by atoms with E-state index in [-0.39, 0.29) is 17.8 Å². The maximum atomic E-state index is 12.9. The van der Waals surface area contributed by atoms with E-state index in [0.29, 0.717) is 16.4 Å². The van der Waals surface area contributed by atoms with Gasteiger partial charge in [0.15, 0.2) is 5.82 Å². The summed E-state index contributed by atoms with van der Waals surface area (Å²) in [5.74, 6) is -2.62. The molecule has 3 rings (SSSR count). The molecule has 1 aromatic carbocycles. The molecule has 13 heteroatoms. The quantitative estimate of drug-likeness (QED) is 0.560. The van der Waals surface area contributed by atoms with Crippen molar-refractivity contribution >= 4 is 29.3 Å². The van der Waals surface area contributed by atoms with Gasteiger partial charge in [0.2, 0.25) is 5.82 Å². The Labute approximate surface area is 205 Å². The number of halogens is 4. The van der Waals surface area contributed by atoms with Crippen LogP contribution in [-0.4, -0.2) is 58.2 Å². The van der Waals surface area contributed by atoms with Crippen molar-refractivity contribution in [2.24, 2.45) is 0 Å². The number of aliphatic carboxylic acids is 1. The highest BCUT2D eigenvalue weighted by Crippen LogP contribution is 2.30. The molecule has 2 N–H and O–H groups in total. The topological polar surface area (TPSA) is 122 Å². The Morgan fingerprint density at radius 3 is 2.29 bits per heavy atom. The molecule has 0 aliphatic heterocycles. The average molecular weight is 513 g/mol. The van der Waals surface area contributed by atoms with E-state index in [0.717, 1.165) is 37.8 Å². The fourth-order valence-electron chi connectivity index (χ4n) is 3.36. The Morgan fingerprint density at radius 2 is 1.80 bits per heavy atom. The number of rotatable bonds is 6. The van der Waals surface area contributed by atoms with Crippen molar-refractivity contribution in [3.8, 4) is 6.07 Å². The van der Waals surface area contributed by atoms with Gasteiger partial charge in [0.05, 0.1) is 12.2 Å². The number of nitrogens with one attached hydrogen (secondary N) is 1. The van der Waals surface area contributed by atoms with Gasteiger partial charge >= 0.3 is 12.1 Å². The lowest BCUT2D eigenvalue weighted by Crippen LogP contribution is -2.48. The minimum Gasteiger partial charge on any atom is -0.475 e. The molecular weight excluding hydrogens is 489 g/mol. The fourth-order valence-corrected chi connectivity index (χ4v) is 3.54. The lowest BCUT2D eigenvalue weighted by molar-refractivity contribution is -0.192. The third-order valence-electron chi connectivity index (χ3n) is 4.92. The summed E-state index contributed by atoms with van der Waals surface area (Å²) in [6, 6.07) is 9.51. The van der Waals surface area contributed by atoms with Crippen LogP contribution in [-0.2, 0) is 11.3 Å². The van der Waals surface area contributed by atoms with Crippen LogP contribution in [0.2, 0.25) is 5.02 Å². The predicted molar refractivity (Wildman–Crippen MR) is 121 cm³/mol. The third kappa shape index (κ3) is 8.38. The van der Waals surface area contributed by atoms with E-state index in [9.17, 15) is 18.0 Å². The monoisotopic (exact) mass is 512 g/mol. The van der Waals surface area contributed by atoms with E-state index in [1.54, 1.807) is 5.01 Å². The van der Waals surface area contributed by atoms with Crippen LogP contribution in [0, 0.1) is 11.3 Å². The number of alkyl halides is 3. The number of nitrogens with zero attached hydrogens (tertiary/aromatic N) is 5. The van der Waals surface area contributed by atoms with Crippen LogP contribution in [0.4, 0.5) is 19.0 Å². The number of hydrogen-bond acceptors (Lipinski definition) is 7. The van der Waals surface area contributed by atoms with Gasteiger partial charge in [0.25, 0.3) is 5.91 Å². The molecule has 0 bridgehead atoms. The van der Waals surface area contributed by atoms with Gasteiger partial charge in [-0.15, -0.1) is 0 Å². The number of carboxylic acid groups (broad SMARTS) is 1. The molecule has 0 atom stereocenters. The molecule has 1 fully saturated rings. The number of benzene rings is 1. The first-order valence-corrected chi connectivity index (χ1v) is 10.9. The number of amides is 1. The number of carbonyl (C=O) groups is 2.